The fourth-order valence-corrected chi connectivity index (χ4v) is 2.86. The molecule has 0 bridgehead atoms. The predicted octanol–water partition coefficient (Wildman–Crippen LogP) is 3.14. The van der Waals surface area contributed by atoms with Gasteiger partial charge in [-0.25, -0.2) is 9.37 Å². The van der Waals surface area contributed by atoms with E-state index >= 15 is 0 Å². The molecule has 0 saturated carbocycles. The Bertz CT molecular complexity index is 532. The molecule has 1 atom stereocenters. The van der Waals surface area contributed by atoms with E-state index in [0.717, 1.165) is 4.47 Å². The second-order valence-electron chi connectivity index (χ2n) is 3.29. The zero-order chi connectivity index (χ0) is 12.4. The molecule has 2 aromatic rings. The number of rotatable bonds is 3. The maximum absolute atomic E-state index is 13.9. The number of hydrogen-bond acceptors (Lipinski definition) is 4. The van der Waals surface area contributed by atoms with Gasteiger partial charge in [-0.05, 0) is 28.1 Å². The summed E-state index contributed by atoms with van der Waals surface area (Å²) in [5.74, 6) is -0.746. The molecular weight excluding hydrogens is 309 g/mol. The highest BCUT2D eigenvalue weighted by molar-refractivity contribution is 9.10. The van der Waals surface area contributed by atoms with E-state index in [1.54, 1.807) is 6.07 Å². The third kappa shape index (κ3) is 2.48. The number of aliphatic hydroxyl groups is 1. The molecule has 0 fully saturated rings. The van der Waals surface area contributed by atoms with Crippen molar-refractivity contribution in [1.29, 1.82) is 0 Å². The highest BCUT2D eigenvalue weighted by Gasteiger charge is 2.20. The van der Waals surface area contributed by atoms with Crippen molar-refractivity contribution in [1.82, 2.24) is 4.98 Å². The molecule has 1 N–H and O–H groups in total. The first-order valence-corrected chi connectivity index (χ1v) is 6.41. The molecule has 0 amide bonds. The van der Waals surface area contributed by atoms with Crippen molar-refractivity contribution in [3.05, 3.63) is 44.4 Å². The van der Waals surface area contributed by atoms with E-state index in [9.17, 15) is 9.50 Å². The largest absolute Gasteiger partial charge is 0.479 e. The lowest BCUT2D eigenvalue weighted by Gasteiger charge is -2.11. The molecule has 0 spiro atoms. The summed E-state index contributed by atoms with van der Waals surface area (Å²) in [5.41, 5.74) is 0.159. The zero-order valence-corrected chi connectivity index (χ0v) is 11.3. The summed E-state index contributed by atoms with van der Waals surface area (Å²) in [6.07, 6.45) is 0.395. The fraction of sp³-hybridized carbons (Fsp3) is 0.182. The monoisotopic (exact) mass is 317 g/mol. The molecule has 6 heteroatoms. The Balaban J connectivity index is 2.40. The van der Waals surface area contributed by atoms with Crippen LogP contribution in [0.1, 0.15) is 16.5 Å². The van der Waals surface area contributed by atoms with Crippen molar-refractivity contribution >= 4 is 27.3 Å². The number of halogens is 2. The van der Waals surface area contributed by atoms with E-state index in [-0.39, 0.29) is 11.4 Å². The van der Waals surface area contributed by atoms with Crippen LogP contribution in [-0.4, -0.2) is 17.2 Å². The molecule has 17 heavy (non-hydrogen) atoms. The summed E-state index contributed by atoms with van der Waals surface area (Å²) in [7, 11) is 1.34. The van der Waals surface area contributed by atoms with Crippen molar-refractivity contribution in [3.8, 4) is 5.88 Å². The second kappa shape index (κ2) is 5.12. The Hall–Kier alpha value is -0.980. The quantitative estimate of drug-likeness (QED) is 0.945. The number of thiophene rings is 1. The Morgan fingerprint density at radius 1 is 1.59 bits per heavy atom. The zero-order valence-electron chi connectivity index (χ0n) is 8.85. The molecule has 1 unspecified atom stereocenters. The fourth-order valence-electron chi connectivity index (χ4n) is 1.42. The summed E-state index contributed by atoms with van der Waals surface area (Å²) < 4.78 is 19.5. The van der Waals surface area contributed by atoms with Gasteiger partial charge in [0.05, 0.1) is 7.11 Å². The van der Waals surface area contributed by atoms with Crippen LogP contribution in [0, 0.1) is 5.82 Å². The van der Waals surface area contributed by atoms with E-state index in [1.807, 2.05) is 5.38 Å². The van der Waals surface area contributed by atoms with Gasteiger partial charge in [-0.1, -0.05) is 0 Å². The van der Waals surface area contributed by atoms with Crippen LogP contribution >= 0.6 is 27.3 Å². The van der Waals surface area contributed by atoms with E-state index in [4.69, 9.17) is 4.74 Å². The second-order valence-corrected chi connectivity index (χ2v) is 5.15. The van der Waals surface area contributed by atoms with Crippen LogP contribution in [0.4, 0.5) is 4.39 Å². The summed E-state index contributed by atoms with van der Waals surface area (Å²) >= 11 is 4.64. The standard InChI is InChI=1S/C11H9BrFNO2S/c1-16-11-9(13)7(2-3-14-11)10(15)8-4-6(12)5-17-8/h2-5,10,15H,1H3. The maximum atomic E-state index is 13.9. The molecule has 90 valence electrons. The van der Waals surface area contributed by atoms with Crippen LogP contribution in [0.5, 0.6) is 5.88 Å². The van der Waals surface area contributed by atoms with Crippen LogP contribution in [0.15, 0.2) is 28.2 Å². The minimum absolute atomic E-state index is 0.114. The van der Waals surface area contributed by atoms with Crippen LogP contribution < -0.4 is 4.74 Å². The van der Waals surface area contributed by atoms with E-state index in [2.05, 4.69) is 20.9 Å². The first-order chi connectivity index (χ1) is 8.13. The van der Waals surface area contributed by atoms with Gasteiger partial charge < -0.3 is 9.84 Å². The minimum Gasteiger partial charge on any atom is -0.479 e. The molecule has 0 aliphatic rings. The van der Waals surface area contributed by atoms with Crippen molar-refractivity contribution in [3.63, 3.8) is 0 Å². The van der Waals surface area contributed by atoms with E-state index < -0.39 is 11.9 Å². The van der Waals surface area contributed by atoms with Gasteiger partial charge in [-0.15, -0.1) is 11.3 Å². The van der Waals surface area contributed by atoms with Crippen LogP contribution in [0.2, 0.25) is 0 Å². The van der Waals surface area contributed by atoms with Gasteiger partial charge in [0.2, 0.25) is 5.88 Å². The average Bonchev–Trinajstić information content (AvgIpc) is 2.75. The first-order valence-electron chi connectivity index (χ1n) is 4.74. The summed E-state index contributed by atoms with van der Waals surface area (Å²) in [6, 6.07) is 3.19. The first kappa shape index (κ1) is 12.5. The number of aliphatic hydroxyl groups excluding tert-OH is 1. The van der Waals surface area contributed by atoms with Crippen LogP contribution in [0.25, 0.3) is 0 Å². The predicted molar refractivity (Wildman–Crippen MR) is 66.8 cm³/mol. The molecule has 3 nitrogen and oxygen atoms in total. The van der Waals surface area contributed by atoms with E-state index in [1.165, 1.54) is 30.7 Å². The number of pyridine rings is 1. The highest BCUT2D eigenvalue weighted by Crippen LogP contribution is 2.32. The number of hydrogen-bond donors (Lipinski definition) is 1. The topological polar surface area (TPSA) is 42.4 Å². The number of methoxy groups -OCH3 is 1. The van der Waals surface area contributed by atoms with Gasteiger partial charge in [0.1, 0.15) is 6.10 Å². The lowest BCUT2D eigenvalue weighted by molar-refractivity contribution is 0.216. The molecule has 2 rings (SSSR count). The van der Waals surface area contributed by atoms with Crippen molar-refractivity contribution in [2.75, 3.05) is 7.11 Å². The lowest BCUT2D eigenvalue weighted by atomic mass is 10.1. The highest BCUT2D eigenvalue weighted by atomic mass is 79.9. The molecule has 0 aliphatic heterocycles. The van der Waals surface area contributed by atoms with Gasteiger partial charge in [0, 0.05) is 26.5 Å². The minimum atomic E-state index is -1.01. The maximum Gasteiger partial charge on any atom is 0.250 e. The Morgan fingerprint density at radius 2 is 2.35 bits per heavy atom. The lowest BCUT2D eigenvalue weighted by Crippen LogP contribution is -2.03. The molecule has 0 radical (unpaired) electrons. The third-order valence-corrected chi connectivity index (χ3v) is 3.98. The Kier molecular flexibility index (Phi) is 3.76. The SMILES string of the molecule is COc1nccc(C(O)c2cc(Br)cs2)c1F. The normalized spacial score (nSPS) is 12.5. The molecule has 0 aliphatic carbocycles. The summed E-state index contributed by atoms with van der Waals surface area (Å²) in [6.45, 7) is 0. The molecular formula is C11H9BrFNO2S. The number of ether oxygens (including phenoxy) is 1. The van der Waals surface area contributed by atoms with Crippen molar-refractivity contribution in [2.45, 2.75) is 6.10 Å². The van der Waals surface area contributed by atoms with Crippen molar-refractivity contribution in [2.24, 2.45) is 0 Å². The number of nitrogens with zero attached hydrogens (tertiary/aromatic N) is 1. The average molecular weight is 318 g/mol. The summed E-state index contributed by atoms with van der Waals surface area (Å²) in [5, 5.41) is 11.9. The van der Waals surface area contributed by atoms with Gasteiger partial charge in [0.15, 0.2) is 5.82 Å². The van der Waals surface area contributed by atoms with Gasteiger partial charge in [-0.2, -0.15) is 0 Å². The molecule has 0 aromatic carbocycles. The van der Waals surface area contributed by atoms with Gasteiger partial charge in [-0.3, -0.25) is 0 Å². The smallest absolute Gasteiger partial charge is 0.250 e. The molecule has 0 saturated heterocycles. The van der Waals surface area contributed by atoms with Gasteiger partial charge in [0.25, 0.3) is 0 Å². The van der Waals surface area contributed by atoms with Crippen LogP contribution in [-0.2, 0) is 0 Å². The molecule has 2 heterocycles. The van der Waals surface area contributed by atoms with Crippen LogP contribution in [0.3, 0.4) is 0 Å². The molecule has 2 aromatic heterocycles. The Morgan fingerprint density at radius 3 is 2.94 bits per heavy atom. The third-order valence-electron chi connectivity index (χ3n) is 2.23. The van der Waals surface area contributed by atoms with Gasteiger partial charge >= 0.3 is 0 Å². The van der Waals surface area contributed by atoms with E-state index in [0.29, 0.717) is 4.88 Å². The number of aromatic nitrogens is 1. The summed E-state index contributed by atoms with van der Waals surface area (Å²) in [4.78, 5) is 4.38. The Labute approximate surface area is 110 Å². The van der Waals surface area contributed by atoms with Crippen molar-refractivity contribution < 1.29 is 14.2 Å².